The van der Waals surface area contributed by atoms with Crippen molar-refractivity contribution < 1.29 is 4.42 Å². The molecule has 3 heteroatoms. The third-order valence-corrected chi connectivity index (χ3v) is 3.47. The van der Waals surface area contributed by atoms with Crippen LogP contribution >= 0.6 is 11.3 Å². The topological polar surface area (TPSA) is 25.2 Å². The molecule has 2 heterocycles. The Morgan fingerprint density at radius 2 is 2.38 bits per heavy atom. The number of hydrogen-bond acceptors (Lipinski definition) is 3. The van der Waals surface area contributed by atoms with E-state index < -0.39 is 0 Å². The van der Waals surface area contributed by atoms with Crippen LogP contribution in [0.3, 0.4) is 0 Å². The van der Waals surface area contributed by atoms with Gasteiger partial charge in [0.1, 0.15) is 0 Å². The van der Waals surface area contributed by atoms with Crippen LogP contribution in [-0.4, -0.2) is 6.54 Å². The van der Waals surface area contributed by atoms with Gasteiger partial charge >= 0.3 is 0 Å². The Balaban J connectivity index is 2.03. The van der Waals surface area contributed by atoms with Gasteiger partial charge in [-0.05, 0) is 30.5 Å². The second-order valence-electron chi connectivity index (χ2n) is 3.85. The molecule has 2 aromatic rings. The summed E-state index contributed by atoms with van der Waals surface area (Å²) in [5.74, 6) is 0. The molecule has 0 amide bonds. The van der Waals surface area contributed by atoms with Gasteiger partial charge in [0.25, 0.3) is 0 Å². The zero-order chi connectivity index (χ0) is 11.2. The first-order chi connectivity index (χ1) is 7.90. The zero-order valence-electron chi connectivity index (χ0n) is 9.48. The van der Waals surface area contributed by atoms with Crippen LogP contribution in [0.15, 0.2) is 40.5 Å². The molecule has 0 fully saturated rings. The van der Waals surface area contributed by atoms with Crippen LogP contribution in [0.4, 0.5) is 0 Å². The van der Waals surface area contributed by atoms with E-state index in [4.69, 9.17) is 4.42 Å². The molecular formula is C13H17NOS. The Kier molecular flexibility index (Phi) is 4.19. The molecule has 2 rings (SSSR count). The lowest BCUT2D eigenvalue weighted by Gasteiger charge is -2.15. The number of hydrogen-bond donors (Lipinski definition) is 1. The minimum Gasteiger partial charge on any atom is -0.472 e. The van der Waals surface area contributed by atoms with Crippen molar-refractivity contribution in [3.8, 4) is 0 Å². The van der Waals surface area contributed by atoms with Crippen molar-refractivity contribution >= 4 is 11.3 Å². The smallest absolute Gasteiger partial charge is 0.0950 e. The number of nitrogens with one attached hydrogen (secondary N) is 1. The fourth-order valence-corrected chi connectivity index (χ4v) is 2.48. The van der Waals surface area contributed by atoms with E-state index in [1.807, 2.05) is 23.7 Å². The van der Waals surface area contributed by atoms with Crippen molar-refractivity contribution in [1.82, 2.24) is 5.32 Å². The van der Waals surface area contributed by atoms with Crippen molar-refractivity contribution in [2.75, 3.05) is 6.54 Å². The van der Waals surface area contributed by atoms with Crippen LogP contribution in [0.2, 0.25) is 0 Å². The van der Waals surface area contributed by atoms with Crippen molar-refractivity contribution in [2.24, 2.45) is 0 Å². The van der Waals surface area contributed by atoms with Crippen LogP contribution in [0, 0.1) is 0 Å². The lowest BCUT2D eigenvalue weighted by Crippen LogP contribution is -2.23. The van der Waals surface area contributed by atoms with Gasteiger partial charge in [-0.2, -0.15) is 0 Å². The molecule has 0 aliphatic heterocycles. The molecule has 2 aromatic heterocycles. The van der Waals surface area contributed by atoms with Gasteiger partial charge in [0.05, 0.1) is 12.5 Å². The minimum atomic E-state index is 0.373. The normalized spacial score (nSPS) is 12.8. The molecule has 0 spiro atoms. The van der Waals surface area contributed by atoms with Crippen molar-refractivity contribution in [3.63, 3.8) is 0 Å². The van der Waals surface area contributed by atoms with Gasteiger partial charge < -0.3 is 9.73 Å². The quantitative estimate of drug-likeness (QED) is 0.827. The first-order valence-electron chi connectivity index (χ1n) is 5.68. The molecule has 0 aliphatic rings. The van der Waals surface area contributed by atoms with Crippen LogP contribution < -0.4 is 5.32 Å². The fraction of sp³-hybridized carbons (Fsp3) is 0.385. The number of furan rings is 1. The summed E-state index contributed by atoms with van der Waals surface area (Å²) in [7, 11) is 0. The summed E-state index contributed by atoms with van der Waals surface area (Å²) in [6.45, 7) is 3.23. The summed E-state index contributed by atoms with van der Waals surface area (Å²) in [5.41, 5.74) is 1.24. The predicted octanol–water partition coefficient (Wildman–Crippen LogP) is 3.62. The molecule has 1 N–H and O–H groups in total. The zero-order valence-corrected chi connectivity index (χ0v) is 10.3. The Labute approximate surface area is 100 Å². The maximum Gasteiger partial charge on any atom is 0.0950 e. The molecule has 2 nitrogen and oxygen atoms in total. The lowest BCUT2D eigenvalue weighted by atomic mass is 10.1. The third kappa shape index (κ3) is 2.97. The van der Waals surface area contributed by atoms with E-state index in [0.29, 0.717) is 6.04 Å². The standard InChI is InChI=1S/C13H17NOS/c1-2-6-14-13(11-5-7-15-10-11)9-12-4-3-8-16-12/h3-5,7-8,10,13-14H,2,6,9H2,1H3. The average Bonchev–Trinajstić information content (AvgIpc) is 2.96. The van der Waals surface area contributed by atoms with E-state index in [-0.39, 0.29) is 0 Å². The van der Waals surface area contributed by atoms with Crippen molar-refractivity contribution in [2.45, 2.75) is 25.8 Å². The highest BCUT2D eigenvalue weighted by Crippen LogP contribution is 2.21. The van der Waals surface area contributed by atoms with Crippen LogP contribution in [0.25, 0.3) is 0 Å². The van der Waals surface area contributed by atoms with Crippen LogP contribution in [-0.2, 0) is 6.42 Å². The summed E-state index contributed by atoms with van der Waals surface area (Å²) in [4.78, 5) is 1.41. The Hall–Kier alpha value is -1.06. The van der Waals surface area contributed by atoms with Gasteiger partial charge in [0, 0.05) is 22.9 Å². The van der Waals surface area contributed by atoms with Gasteiger partial charge in [-0.1, -0.05) is 13.0 Å². The predicted molar refractivity (Wildman–Crippen MR) is 67.8 cm³/mol. The second kappa shape index (κ2) is 5.87. The van der Waals surface area contributed by atoms with E-state index in [1.54, 1.807) is 6.26 Å². The SMILES string of the molecule is CCCNC(Cc1cccs1)c1ccoc1. The monoisotopic (exact) mass is 235 g/mol. The maximum absolute atomic E-state index is 5.16. The van der Waals surface area contributed by atoms with Gasteiger partial charge in [-0.3, -0.25) is 0 Å². The first kappa shape index (κ1) is 11.4. The van der Waals surface area contributed by atoms with Crippen LogP contribution in [0.1, 0.15) is 29.8 Å². The van der Waals surface area contributed by atoms with Crippen molar-refractivity contribution in [1.29, 1.82) is 0 Å². The first-order valence-corrected chi connectivity index (χ1v) is 6.56. The fourth-order valence-electron chi connectivity index (χ4n) is 1.73. The molecule has 16 heavy (non-hydrogen) atoms. The summed E-state index contributed by atoms with van der Waals surface area (Å²) in [6.07, 6.45) is 5.77. The van der Waals surface area contributed by atoms with Gasteiger partial charge in [-0.25, -0.2) is 0 Å². The lowest BCUT2D eigenvalue weighted by molar-refractivity contribution is 0.514. The van der Waals surface area contributed by atoms with Gasteiger partial charge in [0.2, 0.25) is 0 Å². The largest absolute Gasteiger partial charge is 0.472 e. The molecule has 0 bridgehead atoms. The second-order valence-corrected chi connectivity index (χ2v) is 4.88. The van der Waals surface area contributed by atoms with E-state index in [9.17, 15) is 0 Å². The van der Waals surface area contributed by atoms with Gasteiger partial charge in [0.15, 0.2) is 0 Å². The molecule has 0 saturated heterocycles. The number of rotatable bonds is 6. The molecular weight excluding hydrogens is 218 g/mol. The molecule has 1 atom stereocenters. The Morgan fingerprint density at radius 3 is 3.00 bits per heavy atom. The summed E-state index contributed by atoms with van der Waals surface area (Å²) < 4.78 is 5.16. The summed E-state index contributed by atoms with van der Waals surface area (Å²) in [6, 6.07) is 6.70. The average molecular weight is 235 g/mol. The molecule has 0 radical (unpaired) electrons. The summed E-state index contributed by atoms with van der Waals surface area (Å²) in [5, 5.41) is 5.68. The Bertz CT molecular complexity index is 380. The van der Waals surface area contributed by atoms with E-state index >= 15 is 0 Å². The highest BCUT2D eigenvalue weighted by molar-refractivity contribution is 7.09. The molecule has 0 aliphatic carbocycles. The Morgan fingerprint density at radius 1 is 1.44 bits per heavy atom. The number of thiophene rings is 1. The van der Waals surface area contributed by atoms with Crippen molar-refractivity contribution in [3.05, 3.63) is 46.5 Å². The minimum absolute atomic E-state index is 0.373. The summed E-state index contributed by atoms with van der Waals surface area (Å²) >= 11 is 1.81. The highest BCUT2D eigenvalue weighted by atomic mass is 32.1. The maximum atomic E-state index is 5.16. The molecule has 0 saturated carbocycles. The third-order valence-electron chi connectivity index (χ3n) is 2.57. The van der Waals surface area contributed by atoms with Crippen LogP contribution in [0.5, 0.6) is 0 Å². The molecule has 86 valence electrons. The van der Waals surface area contributed by atoms with E-state index in [1.165, 1.54) is 10.4 Å². The molecule has 0 aromatic carbocycles. The van der Waals surface area contributed by atoms with Gasteiger partial charge in [-0.15, -0.1) is 11.3 Å². The molecule has 1 unspecified atom stereocenters. The van der Waals surface area contributed by atoms with E-state index in [0.717, 1.165) is 19.4 Å². The highest BCUT2D eigenvalue weighted by Gasteiger charge is 2.12. The van der Waals surface area contributed by atoms with E-state index in [2.05, 4.69) is 29.8 Å².